The van der Waals surface area contributed by atoms with Crippen molar-refractivity contribution in [3.63, 3.8) is 0 Å². The summed E-state index contributed by atoms with van der Waals surface area (Å²) >= 11 is -0.0794. The number of hydrogen-bond acceptors (Lipinski definition) is 5. The fourth-order valence-corrected chi connectivity index (χ4v) is 1.21. The number of hydrogen-bond donors (Lipinski definition) is 2. The Hall–Kier alpha value is -1.18. The van der Waals surface area contributed by atoms with Crippen LogP contribution in [0.15, 0.2) is 12.4 Å². The molecule has 1 aromatic rings. The van der Waals surface area contributed by atoms with E-state index in [2.05, 4.69) is 15.3 Å². The number of halogens is 3. The van der Waals surface area contributed by atoms with E-state index < -0.39 is 5.51 Å². The molecule has 1 aromatic heterocycles. The molecule has 0 aliphatic carbocycles. The van der Waals surface area contributed by atoms with Gasteiger partial charge >= 0.3 is 5.51 Å². The van der Waals surface area contributed by atoms with Gasteiger partial charge in [-0.05, 0) is 11.8 Å². The molecule has 0 saturated heterocycles. The average Bonchev–Trinajstić information content (AvgIpc) is 2.14. The van der Waals surface area contributed by atoms with E-state index in [9.17, 15) is 13.2 Å². The number of aromatic nitrogens is 2. The number of rotatable bonds is 4. The quantitative estimate of drug-likeness (QED) is 0.782. The highest BCUT2D eigenvalue weighted by Gasteiger charge is 2.27. The fraction of sp³-hybridized carbons (Fsp3) is 0.429. The summed E-state index contributed by atoms with van der Waals surface area (Å²) < 4.78 is 35.2. The summed E-state index contributed by atoms with van der Waals surface area (Å²) in [6.45, 7) is 0.169. The molecule has 0 saturated carbocycles. The molecule has 1 rings (SSSR count). The molecule has 84 valence electrons. The van der Waals surface area contributed by atoms with Crippen LogP contribution in [0.5, 0.6) is 0 Å². The Morgan fingerprint density at radius 1 is 1.33 bits per heavy atom. The number of nitrogens with zero attached hydrogens (tertiary/aromatic N) is 2. The van der Waals surface area contributed by atoms with E-state index in [0.29, 0.717) is 5.82 Å². The summed E-state index contributed by atoms with van der Waals surface area (Å²) in [4.78, 5) is 7.55. The van der Waals surface area contributed by atoms with E-state index in [-0.39, 0.29) is 29.9 Å². The van der Waals surface area contributed by atoms with Gasteiger partial charge in [-0.15, -0.1) is 0 Å². The topological polar surface area (TPSA) is 63.8 Å². The highest BCUT2D eigenvalue weighted by Crippen LogP contribution is 2.29. The molecule has 0 spiro atoms. The van der Waals surface area contributed by atoms with Crippen molar-refractivity contribution in [2.75, 3.05) is 23.3 Å². The van der Waals surface area contributed by atoms with E-state index in [1.165, 1.54) is 12.4 Å². The first-order valence-corrected chi connectivity index (χ1v) is 4.98. The third kappa shape index (κ3) is 5.31. The van der Waals surface area contributed by atoms with Gasteiger partial charge in [0.2, 0.25) is 0 Å². The number of nitrogens with one attached hydrogen (secondary N) is 1. The molecule has 0 atom stereocenters. The first kappa shape index (κ1) is 11.9. The summed E-state index contributed by atoms with van der Waals surface area (Å²) in [6.07, 6.45) is 2.70. The smallest absolute Gasteiger partial charge is 0.382 e. The maximum Gasteiger partial charge on any atom is 0.441 e. The maximum absolute atomic E-state index is 11.7. The largest absolute Gasteiger partial charge is 0.441 e. The Balaban J connectivity index is 2.23. The standard InChI is InChI=1S/C7H9F3N4S/c8-7(9,10)15-2-1-12-6-4-13-5(11)3-14-6/h3-4H,1-2H2,(H2,11,13)(H,12,14). The lowest BCUT2D eigenvalue weighted by molar-refractivity contribution is -0.0327. The van der Waals surface area contributed by atoms with Crippen molar-refractivity contribution in [2.45, 2.75) is 5.51 Å². The molecule has 0 fully saturated rings. The molecule has 0 amide bonds. The van der Waals surface area contributed by atoms with E-state index >= 15 is 0 Å². The maximum atomic E-state index is 11.7. The second-order valence-corrected chi connectivity index (χ2v) is 3.71. The molecule has 8 heteroatoms. The van der Waals surface area contributed by atoms with Gasteiger partial charge in [-0.2, -0.15) is 13.2 Å². The monoisotopic (exact) mass is 238 g/mol. The second kappa shape index (κ2) is 5.06. The number of alkyl halides is 3. The highest BCUT2D eigenvalue weighted by atomic mass is 32.2. The van der Waals surface area contributed by atoms with Crippen molar-refractivity contribution in [3.05, 3.63) is 12.4 Å². The predicted molar refractivity (Wildman–Crippen MR) is 53.4 cm³/mol. The van der Waals surface area contributed by atoms with Crippen LogP contribution in [-0.4, -0.2) is 27.8 Å². The van der Waals surface area contributed by atoms with Crippen molar-refractivity contribution < 1.29 is 13.2 Å². The van der Waals surface area contributed by atoms with Gasteiger partial charge in [0.05, 0.1) is 12.4 Å². The van der Waals surface area contributed by atoms with Crippen molar-refractivity contribution in [3.8, 4) is 0 Å². The zero-order valence-corrected chi connectivity index (χ0v) is 8.40. The zero-order chi connectivity index (χ0) is 11.3. The van der Waals surface area contributed by atoms with Gasteiger partial charge in [-0.25, -0.2) is 9.97 Å². The van der Waals surface area contributed by atoms with Crippen molar-refractivity contribution in [1.29, 1.82) is 0 Å². The van der Waals surface area contributed by atoms with Crippen LogP contribution in [0, 0.1) is 0 Å². The molecule has 4 nitrogen and oxygen atoms in total. The number of anilines is 2. The van der Waals surface area contributed by atoms with Crippen molar-refractivity contribution >= 4 is 23.4 Å². The lowest BCUT2D eigenvalue weighted by Gasteiger charge is -2.06. The van der Waals surface area contributed by atoms with Gasteiger partial charge in [0, 0.05) is 12.3 Å². The molecule has 0 unspecified atom stereocenters. The normalized spacial score (nSPS) is 11.4. The van der Waals surface area contributed by atoms with Crippen LogP contribution < -0.4 is 11.1 Å². The average molecular weight is 238 g/mol. The van der Waals surface area contributed by atoms with Crippen LogP contribution in [0.2, 0.25) is 0 Å². The summed E-state index contributed by atoms with van der Waals surface area (Å²) in [5.74, 6) is 0.604. The van der Waals surface area contributed by atoms with Crippen LogP contribution in [0.25, 0.3) is 0 Å². The second-order valence-electron chi connectivity index (χ2n) is 2.55. The minimum atomic E-state index is -4.19. The minimum Gasteiger partial charge on any atom is -0.382 e. The van der Waals surface area contributed by atoms with Crippen LogP contribution in [0.4, 0.5) is 24.8 Å². The van der Waals surface area contributed by atoms with Crippen LogP contribution >= 0.6 is 11.8 Å². The Kier molecular flexibility index (Phi) is 4.01. The molecule has 3 N–H and O–H groups in total. The lowest BCUT2D eigenvalue weighted by Crippen LogP contribution is -2.10. The zero-order valence-electron chi connectivity index (χ0n) is 7.58. The molecular formula is C7H9F3N4S. The van der Waals surface area contributed by atoms with Gasteiger partial charge in [-0.3, -0.25) is 0 Å². The summed E-state index contributed by atoms with van der Waals surface area (Å²) in [7, 11) is 0. The Morgan fingerprint density at radius 2 is 2.07 bits per heavy atom. The van der Waals surface area contributed by atoms with Crippen LogP contribution in [0.3, 0.4) is 0 Å². The summed E-state index contributed by atoms with van der Waals surface area (Å²) in [6, 6.07) is 0. The van der Waals surface area contributed by atoms with Crippen LogP contribution in [0.1, 0.15) is 0 Å². The molecule has 0 aliphatic heterocycles. The predicted octanol–water partition coefficient (Wildman–Crippen LogP) is 1.72. The molecule has 0 aromatic carbocycles. The Bertz CT molecular complexity index is 300. The van der Waals surface area contributed by atoms with Crippen molar-refractivity contribution in [2.24, 2.45) is 0 Å². The van der Waals surface area contributed by atoms with Gasteiger partial charge in [0.1, 0.15) is 11.6 Å². The molecule has 0 radical (unpaired) electrons. The third-order valence-corrected chi connectivity index (χ3v) is 2.08. The van der Waals surface area contributed by atoms with Crippen molar-refractivity contribution in [1.82, 2.24) is 9.97 Å². The van der Waals surface area contributed by atoms with Gasteiger partial charge in [-0.1, -0.05) is 0 Å². The van der Waals surface area contributed by atoms with E-state index in [4.69, 9.17) is 5.73 Å². The first-order valence-electron chi connectivity index (χ1n) is 3.99. The number of nitrogens with two attached hydrogens (primary N) is 1. The molecule has 1 heterocycles. The Labute approximate surface area is 88.5 Å². The highest BCUT2D eigenvalue weighted by molar-refractivity contribution is 8.00. The van der Waals surface area contributed by atoms with Gasteiger partial charge < -0.3 is 11.1 Å². The van der Waals surface area contributed by atoms with E-state index in [0.717, 1.165) is 0 Å². The van der Waals surface area contributed by atoms with Crippen LogP contribution in [-0.2, 0) is 0 Å². The van der Waals surface area contributed by atoms with Gasteiger partial charge in [0.15, 0.2) is 0 Å². The molecule has 0 aliphatic rings. The molecule has 0 bridgehead atoms. The summed E-state index contributed by atoms with van der Waals surface area (Å²) in [5.41, 5.74) is 1.10. The van der Waals surface area contributed by atoms with E-state index in [1.807, 2.05) is 0 Å². The number of nitrogen functional groups attached to an aromatic ring is 1. The first-order chi connectivity index (χ1) is 6.97. The minimum absolute atomic E-state index is 0.0739. The molecular weight excluding hydrogens is 229 g/mol. The Morgan fingerprint density at radius 3 is 2.60 bits per heavy atom. The third-order valence-electron chi connectivity index (χ3n) is 1.35. The fourth-order valence-electron chi connectivity index (χ4n) is 0.775. The van der Waals surface area contributed by atoms with Gasteiger partial charge in [0.25, 0.3) is 0 Å². The van der Waals surface area contributed by atoms with E-state index in [1.54, 1.807) is 0 Å². The molecule has 15 heavy (non-hydrogen) atoms. The lowest BCUT2D eigenvalue weighted by atomic mass is 10.6. The SMILES string of the molecule is Nc1cnc(NCCSC(F)(F)F)cn1. The summed E-state index contributed by atoms with van der Waals surface area (Å²) in [5, 5.41) is 2.69. The number of thioether (sulfide) groups is 1.